The second kappa shape index (κ2) is 3.21. The zero-order valence-electron chi connectivity index (χ0n) is 6.81. The van der Waals surface area contributed by atoms with Crippen LogP contribution in [-0.2, 0) is 6.42 Å². The fourth-order valence-electron chi connectivity index (χ4n) is 1.04. The molecule has 0 fully saturated rings. The number of hydrogen-bond donors (Lipinski definition) is 0. The van der Waals surface area contributed by atoms with Crippen LogP contribution in [0.25, 0.3) is 0 Å². The topological polar surface area (TPSA) is 23.8 Å². The standard InChI is InChI=1S/C10H10N/c1-3-9-4-8(2)5-10(6-9)7-11/h4-5H,3H2,1-2H3. The van der Waals surface area contributed by atoms with Gasteiger partial charge in [-0.3, -0.25) is 0 Å². The van der Waals surface area contributed by atoms with Gasteiger partial charge in [0, 0.05) is 6.07 Å². The molecule has 11 heavy (non-hydrogen) atoms. The zero-order valence-corrected chi connectivity index (χ0v) is 6.81. The van der Waals surface area contributed by atoms with E-state index < -0.39 is 0 Å². The Bertz CT molecular complexity index is 294. The molecule has 0 saturated carbocycles. The van der Waals surface area contributed by atoms with Crippen molar-refractivity contribution in [3.8, 4) is 6.07 Å². The molecule has 0 N–H and O–H groups in total. The minimum absolute atomic E-state index is 0.641. The maximum absolute atomic E-state index is 8.60. The summed E-state index contributed by atoms with van der Waals surface area (Å²) in [6, 6.07) is 9.01. The van der Waals surface area contributed by atoms with Crippen LogP contribution in [0, 0.1) is 24.3 Å². The molecular weight excluding hydrogens is 134 g/mol. The predicted octanol–water partition coefficient (Wildman–Crippen LogP) is 2.23. The quantitative estimate of drug-likeness (QED) is 0.593. The first kappa shape index (κ1) is 7.81. The van der Waals surface area contributed by atoms with E-state index in [-0.39, 0.29) is 0 Å². The van der Waals surface area contributed by atoms with Gasteiger partial charge >= 0.3 is 0 Å². The number of hydrogen-bond acceptors (Lipinski definition) is 1. The van der Waals surface area contributed by atoms with Gasteiger partial charge < -0.3 is 0 Å². The van der Waals surface area contributed by atoms with Crippen molar-refractivity contribution in [1.82, 2.24) is 0 Å². The van der Waals surface area contributed by atoms with Crippen LogP contribution in [0.4, 0.5) is 0 Å². The maximum atomic E-state index is 8.60. The van der Waals surface area contributed by atoms with Gasteiger partial charge in [0.05, 0.1) is 11.6 Å². The SMILES string of the molecule is CCc1[c]c(C#N)cc(C)c1. The Hall–Kier alpha value is -1.29. The van der Waals surface area contributed by atoms with E-state index >= 15 is 0 Å². The van der Waals surface area contributed by atoms with E-state index in [0.29, 0.717) is 5.56 Å². The van der Waals surface area contributed by atoms with Crippen molar-refractivity contribution in [1.29, 1.82) is 5.26 Å². The third-order valence-electron chi connectivity index (χ3n) is 1.57. The molecule has 1 heteroatoms. The first-order valence-corrected chi connectivity index (χ1v) is 3.69. The molecule has 0 heterocycles. The summed E-state index contributed by atoms with van der Waals surface area (Å²) in [5, 5.41) is 8.60. The van der Waals surface area contributed by atoms with Gasteiger partial charge in [-0.1, -0.05) is 13.0 Å². The Morgan fingerprint density at radius 2 is 2.27 bits per heavy atom. The second-order valence-electron chi connectivity index (χ2n) is 2.56. The highest BCUT2D eigenvalue weighted by molar-refractivity contribution is 5.35. The molecule has 0 aromatic heterocycles. The normalized spacial score (nSPS) is 9.18. The Kier molecular flexibility index (Phi) is 2.28. The summed E-state index contributed by atoms with van der Waals surface area (Å²) in [5.41, 5.74) is 2.89. The van der Waals surface area contributed by atoms with Gasteiger partial charge in [-0.25, -0.2) is 0 Å². The summed E-state index contributed by atoms with van der Waals surface area (Å²) in [4.78, 5) is 0. The van der Waals surface area contributed by atoms with E-state index in [0.717, 1.165) is 17.5 Å². The van der Waals surface area contributed by atoms with Crippen molar-refractivity contribution in [3.63, 3.8) is 0 Å². The van der Waals surface area contributed by atoms with E-state index in [1.54, 1.807) is 0 Å². The third-order valence-corrected chi connectivity index (χ3v) is 1.57. The van der Waals surface area contributed by atoms with E-state index in [1.165, 1.54) is 0 Å². The minimum Gasteiger partial charge on any atom is -0.192 e. The third kappa shape index (κ3) is 1.81. The average Bonchev–Trinajstić information content (AvgIpc) is 2.03. The molecule has 1 aromatic carbocycles. The zero-order chi connectivity index (χ0) is 8.27. The fraction of sp³-hybridized carbons (Fsp3) is 0.300. The van der Waals surface area contributed by atoms with Crippen molar-refractivity contribution in [2.24, 2.45) is 0 Å². The highest BCUT2D eigenvalue weighted by Gasteiger charge is 1.95. The van der Waals surface area contributed by atoms with Gasteiger partial charge in [0.25, 0.3) is 0 Å². The van der Waals surface area contributed by atoms with Gasteiger partial charge in [0.15, 0.2) is 0 Å². The van der Waals surface area contributed by atoms with Crippen molar-refractivity contribution in [3.05, 3.63) is 34.9 Å². The molecule has 1 nitrogen and oxygen atoms in total. The van der Waals surface area contributed by atoms with Crippen LogP contribution in [0.2, 0.25) is 0 Å². The molecule has 1 rings (SSSR count). The lowest BCUT2D eigenvalue weighted by molar-refractivity contribution is 1.12. The summed E-state index contributed by atoms with van der Waals surface area (Å²) in [6.45, 7) is 4.06. The molecule has 1 aromatic rings. The number of nitriles is 1. The van der Waals surface area contributed by atoms with Crippen molar-refractivity contribution < 1.29 is 0 Å². The predicted molar refractivity (Wildman–Crippen MR) is 44.1 cm³/mol. The molecule has 0 aliphatic carbocycles. The number of aryl methyl sites for hydroxylation is 2. The van der Waals surface area contributed by atoms with Crippen LogP contribution in [-0.4, -0.2) is 0 Å². The Morgan fingerprint density at radius 3 is 2.82 bits per heavy atom. The minimum atomic E-state index is 0.641. The molecule has 55 valence electrons. The maximum Gasteiger partial charge on any atom is 0.0998 e. The summed E-state index contributed by atoms with van der Waals surface area (Å²) in [7, 11) is 0. The Balaban J connectivity index is 3.15. The van der Waals surface area contributed by atoms with Gasteiger partial charge in [-0.2, -0.15) is 5.26 Å². The Morgan fingerprint density at radius 1 is 1.55 bits per heavy atom. The van der Waals surface area contributed by atoms with Crippen LogP contribution in [0.1, 0.15) is 23.6 Å². The van der Waals surface area contributed by atoms with E-state index in [9.17, 15) is 0 Å². The average molecular weight is 144 g/mol. The van der Waals surface area contributed by atoms with Crippen LogP contribution in [0.5, 0.6) is 0 Å². The lowest BCUT2D eigenvalue weighted by Crippen LogP contribution is -1.85. The first-order chi connectivity index (χ1) is 5.26. The molecule has 1 radical (unpaired) electrons. The van der Waals surface area contributed by atoms with Crippen LogP contribution >= 0.6 is 0 Å². The van der Waals surface area contributed by atoms with Crippen LogP contribution in [0.15, 0.2) is 12.1 Å². The van der Waals surface area contributed by atoms with Crippen molar-refractivity contribution in [2.75, 3.05) is 0 Å². The van der Waals surface area contributed by atoms with Crippen molar-refractivity contribution in [2.45, 2.75) is 20.3 Å². The summed E-state index contributed by atoms with van der Waals surface area (Å²) in [6.07, 6.45) is 0.941. The van der Waals surface area contributed by atoms with Gasteiger partial charge in [-0.05, 0) is 30.5 Å². The van der Waals surface area contributed by atoms with Gasteiger partial charge in [0.1, 0.15) is 0 Å². The Labute approximate surface area is 67.3 Å². The highest BCUT2D eigenvalue weighted by Crippen LogP contribution is 2.07. The van der Waals surface area contributed by atoms with E-state index in [4.69, 9.17) is 5.26 Å². The fourth-order valence-corrected chi connectivity index (χ4v) is 1.04. The lowest BCUT2D eigenvalue weighted by atomic mass is 10.1. The molecule has 0 bridgehead atoms. The van der Waals surface area contributed by atoms with E-state index in [2.05, 4.69) is 25.1 Å². The summed E-state index contributed by atoms with van der Waals surface area (Å²) >= 11 is 0. The summed E-state index contributed by atoms with van der Waals surface area (Å²) in [5.74, 6) is 0. The molecule has 0 amide bonds. The van der Waals surface area contributed by atoms with E-state index in [1.807, 2.05) is 13.0 Å². The molecule has 0 saturated heterocycles. The first-order valence-electron chi connectivity index (χ1n) is 3.69. The van der Waals surface area contributed by atoms with Crippen LogP contribution < -0.4 is 0 Å². The van der Waals surface area contributed by atoms with Gasteiger partial charge in [0.2, 0.25) is 0 Å². The second-order valence-corrected chi connectivity index (χ2v) is 2.56. The molecule has 0 atom stereocenters. The molecule has 0 unspecified atom stereocenters. The van der Waals surface area contributed by atoms with Crippen LogP contribution in [0.3, 0.4) is 0 Å². The molecule has 0 aliphatic rings. The number of benzene rings is 1. The lowest BCUT2D eigenvalue weighted by Gasteiger charge is -1.97. The monoisotopic (exact) mass is 144 g/mol. The largest absolute Gasteiger partial charge is 0.192 e. The van der Waals surface area contributed by atoms with Crippen molar-refractivity contribution >= 4 is 0 Å². The van der Waals surface area contributed by atoms with Gasteiger partial charge in [-0.15, -0.1) is 0 Å². The molecule has 0 aliphatic heterocycles. The molecular formula is C10H10N. The molecule has 0 spiro atoms. The number of rotatable bonds is 1. The number of nitrogens with zero attached hydrogens (tertiary/aromatic N) is 1. The highest BCUT2D eigenvalue weighted by atomic mass is 14.2. The smallest absolute Gasteiger partial charge is 0.0998 e. The summed E-state index contributed by atoms with van der Waals surface area (Å²) < 4.78 is 0.